The van der Waals surface area contributed by atoms with Crippen molar-refractivity contribution in [3.05, 3.63) is 59.9 Å². The molecule has 0 bridgehead atoms. The molecular formula is C22H29FIN5O2. The van der Waals surface area contributed by atoms with Gasteiger partial charge in [0.05, 0.1) is 0 Å². The fourth-order valence-corrected chi connectivity index (χ4v) is 3.48. The van der Waals surface area contributed by atoms with E-state index in [1.807, 2.05) is 24.3 Å². The molecule has 9 heteroatoms. The molecule has 1 aliphatic heterocycles. The number of nitrogens with zero attached hydrogens (tertiary/aromatic N) is 2. The number of hydrogen-bond acceptors (Lipinski definition) is 4. The predicted molar refractivity (Wildman–Crippen MR) is 132 cm³/mol. The fourth-order valence-electron chi connectivity index (χ4n) is 3.48. The first-order valence-electron chi connectivity index (χ1n) is 10.0. The van der Waals surface area contributed by atoms with Crippen molar-refractivity contribution in [1.82, 2.24) is 10.6 Å². The smallest absolute Gasteiger partial charge is 0.255 e. The van der Waals surface area contributed by atoms with Gasteiger partial charge in [0.15, 0.2) is 12.6 Å². The van der Waals surface area contributed by atoms with Crippen LogP contribution in [-0.2, 0) is 11.3 Å². The average Bonchev–Trinajstić information content (AvgIpc) is 2.75. The van der Waals surface area contributed by atoms with Crippen molar-refractivity contribution in [2.75, 3.05) is 31.6 Å². The number of guanidine groups is 1. The summed E-state index contributed by atoms with van der Waals surface area (Å²) in [5.41, 5.74) is 7.01. The van der Waals surface area contributed by atoms with E-state index >= 15 is 0 Å². The predicted octanol–water partition coefficient (Wildman–Crippen LogP) is 2.64. The molecule has 4 N–H and O–H groups in total. The van der Waals surface area contributed by atoms with Crippen molar-refractivity contribution >= 4 is 41.5 Å². The highest BCUT2D eigenvalue weighted by atomic mass is 127. The van der Waals surface area contributed by atoms with Gasteiger partial charge >= 0.3 is 0 Å². The molecule has 2 aromatic rings. The van der Waals surface area contributed by atoms with E-state index in [2.05, 4.69) is 20.5 Å². The van der Waals surface area contributed by atoms with Crippen molar-refractivity contribution in [3.8, 4) is 5.75 Å². The molecule has 2 aromatic carbocycles. The normalized spacial score (nSPS) is 16.3. The van der Waals surface area contributed by atoms with Crippen LogP contribution in [0.2, 0.25) is 0 Å². The van der Waals surface area contributed by atoms with Crippen LogP contribution in [0.1, 0.15) is 18.4 Å². The Labute approximate surface area is 199 Å². The van der Waals surface area contributed by atoms with Crippen LogP contribution in [0.4, 0.5) is 10.1 Å². The molecule has 1 atom stereocenters. The van der Waals surface area contributed by atoms with E-state index in [1.165, 1.54) is 6.07 Å². The maximum Gasteiger partial charge on any atom is 0.255 e. The molecule has 0 saturated carbocycles. The number of primary amides is 1. The van der Waals surface area contributed by atoms with Crippen molar-refractivity contribution in [3.63, 3.8) is 0 Å². The summed E-state index contributed by atoms with van der Waals surface area (Å²) >= 11 is 0. The minimum absolute atomic E-state index is 0. The Morgan fingerprint density at radius 3 is 2.84 bits per heavy atom. The lowest BCUT2D eigenvalue weighted by Crippen LogP contribution is -2.51. The van der Waals surface area contributed by atoms with E-state index in [4.69, 9.17) is 10.5 Å². The van der Waals surface area contributed by atoms with Crippen molar-refractivity contribution in [2.45, 2.75) is 25.4 Å². The molecule has 0 aromatic heterocycles. The number of nitrogens with one attached hydrogen (secondary N) is 2. The van der Waals surface area contributed by atoms with Crippen LogP contribution in [0, 0.1) is 5.82 Å². The van der Waals surface area contributed by atoms with E-state index in [9.17, 15) is 9.18 Å². The number of benzene rings is 2. The van der Waals surface area contributed by atoms with Gasteiger partial charge < -0.3 is 26.0 Å². The van der Waals surface area contributed by atoms with Crippen LogP contribution >= 0.6 is 24.0 Å². The molecule has 1 unspecified atom stereocenters. The van der Waals surface area contributed by atoms with Crippen LogP contribution in [0.3, 0.4) is 0 Å². The third-order valence-corrected chi connectivity index (χ3v) is 4.90. The summed E-state index contributed by atoms with van der Waals surface area (Å²) in [7, 11) is 1.73. The van der Waals surface area contributed by atoms with E-state index in [0.29, 0.717) is 18.3 Å². The van der Waals surface area contributed by atoms with Gasteiger partial charge in [-0.05, 0) is 48.7 Å². The lowest BCUT2D eigenvalue weighted by atomic mass is 10.0. The first kappa shape index (κ1) is 24.7. The second-order valence-electron chi connectivity index (χ2n) is 7.24. The summed E-state index contributed by atoms with van der Waals surface area (Å²) in [5, 5.41) is 6.76. The van der Waals surface area contributed by atoms with Gasteiger partial charge in [-0.25, -0.2) is 4.39 Å². The van der Waals surface area contributed by atoms with Gasteiger partial charge in [-0.15, -0.1) is 24.0 Å². The van der Waals surface area contributed by atoms with Crippen molar-refractivity contribution in [2.24, 2.45) is 10.7 Å². The second-order valence-corrected chi connectivity index (χ2v) is 7.24. The standard InChI is InChI=1S/C22H28FN5O2.HI/c1-25-22(26-13-16-5-2-9-20(11-16)30-15-21(24)29)27-18-7-4-10-28(14-18)19-8-3-6-17(23)12-19;/h2-3,5-6,8-9,11-12,18H,4,7,10,13-15H2,1H3,(H2,24,29)(H2,25,26,27);1H. The summed E-state index contributed by atoms with van der Waals surface area (Å²) in [6.45, 7) is 2.09. The SMILES string of the molecule is CN=C(NCc1cccc(OCC(N)=O)c1)NC1CCCN(c2cccc(F)c2)C1.I. The zero-order valence-corrected chi connectivity index (χ0v) is 19.8. The topological polar surface area (TPSA) is 92.0 Å². The van der Waals surface area contributed by atoms with Gasteiger partial charge in [0.1, 0.15) is 11.6 Å². The second kappa shape index (κ2) is 12.3. The number of hydrogen-bond donors (Lipinski definition) is 3. The minimum Gasteiger partial charge on any atom is -0.484 e. The molecular weight excluding hydrogens is 512 g/mol. The molecule has 1 amide bonds. The molecule has 1 fully saturated rings. The van der Waals surface area contributed by atoms with Crippen LogP contribution in [0.15, 0.2) is 53.5 Å². The molecule has 3 rings (SSSR count). The molecule has 0 aliphatic carbocycles. The molecule has 1 saturated heterocycles. The summed E-state index contributed by atoms with van der Waals surface area (Å²) in [6.07, 6.45) is 2.04. The third-order valence-electron chi connectivity index (χ3n) is 4.90. The number of aliphatic imine (C=N–C) groups is 1. The quantitative estimate of drug-likeness (QED) is 0.285. The van der Waals surface area contributed by atoms with E-state index < -0.39 is 5.91 Å². The lowest BCUT2D eigenvalue weighted by Gasteiger charge is -2.35. The Bertz CT molecular complexity index is 896. The van der Waals surface area contributed by atoms with Gasteiger partial charge in [0.25, 0.3) is 5.91 Å². The number of halogens is 2. The largest absolute Gasteiger partial charge is 0.484 e. The van der Waals surface area contributed by atoms with Gasteiger partial charge in [-0.1, -0.05) is 18.2 Å². The maximum atomic E-state index is 13.6. The van der Waals surface area contributed by atoms with Crippen LogP contribution in [0.25, 0.3) is 0 Å². The molecule has 7 nitrogen and oxygen atoms in total. The van der Waals surface area contributed by atoms with Gasteiger partial charge in [0.2, 0.25) is 0 Å². The molecule has 168 valence electrons. The summed E-state index contributed by atoms with van der Waals surface area (Å²) in [6, 6.07) is 14.4. The summed E-state index contributed by atoms with van der Waals surface area (Å²) in [5.74, 6) is 0.559. The van der Waals surface area contributed by atoms with E-state index in [0.717, 1.165) is 37.2 Å². The Morgan fingerprint density at radius 1 is 1.29 bits per heavy atom. The highest BCUT2D eigenvalue weighted by Gasteiger charge is 2.21. The fraction of sp³-hybridized carbons (Fsp3) is 0.364. The third kappa shape index (κ3) is 7.89. The number of anilines is 1. The Balaban J connectivity index is 0.00000341. The van der Waals surface area contributed by atoms with E-state index in [1.54, 1.807) is 25.2 Å². The molecule has 1 heterocycles. The minimum atomic E-state index is -0.511. The number of ether oxygens (including phenoxy) is 1. The Hall–Kier alpha value is -2.56. The molecule has 0 radical (unpaired) electrons. The number of nitrogens with two attached hydrogens (primary N) is 1. The van der Waals surface area contributed by atoms with Crippen molar-refractivity contribution < 1.29 is 13.9 Å². The number of carbonyl (C=O) groups is 1. The van der Waals surface area contributed by atoms with Crippen LogP contribution in [0.5, 0.6) is 5.75 Å². The maximum absolute atomic E-state index is 13.6. The van der Waals surface area contributed by atoms with Gasteiger partial charge in [0, 0.05) is 38.4 Å². The number of rotatable bonds is 7. The summed E-state index contributed by atoms with van der Waals surface area (Å²) in [4.78, 5) is 17.4. The molecule has 0 spiro atoms. The van der Waals surface area contributed by atoms with Gasteiger partial charge in [-0.2, -0.15) is 0 Å². The Kier molecular flexibility index (Phi) is 9.83. The van der Waals surface area contributed by atoms with E-state index in [-0.39, 0.29) is 42.4 Å². The lowest BCUT2D eigenvalue weighted by molar-refractivity contribution is -0.119. The van der Waals surface area contributed by atoms with Crippen molar-refractivity contribution in [1.29, 1.82) is 0 Å². The summed E-state index contributed by atoms with van der Waals surface area (Å²) < 4.78 is 18.9. The zero-order chi connectivity index (χ0) is 21.3. The number of amides is 1. The number of carbonyl (C=O) groups excluding carboxylic acids is 1. The first-order chi connectivity index (χ1) is 14.5. The van der Waals surface area contributed by atoms with Gasteiger partial charge in [-0.3, -0.25) is 9.79 Å². The highest BCUT2D eigenvalue weighted by Crippen LogP contribution is 2.20. The average molecular weight is 541 g/mol. The molecule has 31 heavy (non-hydrogen) atoms. The number of piperidine rings is 1. The van der Waals surface area contributed by atoms with Crippen LogP contribution < -0.4 is 26.0 Å². The first-order valence-corrected chi connectivity index (χ1v) is 10.0. The molecule has 1 aliphatic rings. The van der Waals surface area contributed by atoms with Crippen LogP contribution in [-0.4, -0.2) is 44.7 Å². The highest BCUT2D eigenvalue weighted by molar-refractivity contribution is 14.0. The zero-order valence-electron chi connectivity index (χ0n) is 17.5. The Morgan fingerprint density at radius 2 is 2.10 bits per heavy atom. The monoisotopic (exact) mass is 541 g/mol.